The number of hydrogen-bond donors (Lipinski definition) is 2. The van der Waals surface area contributed by atoms with Crippen molar-refractivity contribution >= 4 is 29.9 Å². The van der Waals surface area contributed by atoms with Gasteiger partial charge in [0.2, 0.25) is 0 Å². The molecule has 0 saturated carbocycles. The van der Waals surface area contributed by atoms with Gasteiger partial charge in [-0.1, -0.05) is 32.8 Å². The van der Waals surface area contributed by atoms with Gasteiger partial charge in [0.05, 0.1) is 0 Å². The van der Waals surface area contributed by atoms with Crippen molar-refractivity contribution in [1.29, 1.82) is 0 Å². The summed E-state index contributed by atoms with van der Waals surface area (Å²) in [5.74, 6) is 1.69. The van der Waals surface area contributed by atoms with E-state index in [0.717, 1.165) is 31.4 Å². The van der Waals surface area contributed by atoms with Gasteiger partial charge in [-0.15, -0.1) is 24.0 Å². The molecular weight excluding hydrogens is 375 g/mol. The summed E-state index contributed by atoms with van der Waals surface area (Å²) in [5.41, 5.74) is 1.24. The van der Waals surface area contributed by atoms with E-state index in [1.807, 2.05) is 19.3 Å². The Morgan fingerprint density at radius 3 is 2.62 bits per heavy atom. The molecule has 4 nitrogen and oxygen atoms in total. The van der Waals surface area contributed by atoms with Crippen LogP contribution in [0.4, 0.5) is 0 Å². The minimum absolute atomic E-state index is 0. The molecule has 0 saturated heterocycles. The smallest absolute Gasteiger partial charge is 0.190 e. The van der Waals surface area contributed by atoms with Crippen LogP contribution in [0.1, 0.15) is 38.7 Å². The summed E-state index contributed by atoms with van der Waals surface area (Å²) in [6, 6.07) is 4.06. The lowest BCUT2D eigenvalue weighted by atomic mass is 10.1. The number of guanidine groups is 1. The van der Waals surface area contributed by atoms with Crippen LogP contribution in [-0.4, -0.2) is 31.1 Å². The molecule has 0 radical (unpaired) electrons. The highest BCUT2D eigenvalue weighted by Gasteiger charge is 1.98. The summed E-state index contributed by atoms with van der Waals surface area (Å²) >= 11 is 0. The van der Waals surface area contributed by atoms with Crippen molar-refractivity contribution in [3.8, 4) is 0 Å². The van der Waals surface area contributed by atoms with Crippen LogP contribution in [0.15, 0.2) is 29.5 Å². The molecule has 0 aliphatic heterocycles. The highest BCUT2D eigenvalue weighted by atomic mass is 127. The van der Waals surface area contributed by atoms with Crippen LogP contribution in [0.25, 0.3) is 0 Å². The molecule has 1 rings (SSSR count). The van der Waals surface area contributed by atoms with Crippen LogP contribution < -0.4 is 10.6 Å². The summed E-state index contributed by atoms with van der Waals surface area (Å²) in [4.78, 5) is 8.34. The van der Waals surface area contributed by atoms with Gasteiger partial charge >= 0.3 is 0 Å². The summed E-state index contributed by atoms with van der Waals surface area (Å²) in [7, 11) is 1.81. The van der Waals surface area contributed by atoms with Gasteiger partial charge < -0.3 is 10.6 Å². The lowest BCUT2D eigenvalue weighted by Gasteiger charge is -2.12. The largest absolute Gasteiger partial charge is 0.356 e. The third kappa shape index (κ3) is 10.5. The first-order valence-corrected chi connectivity index (χ1v) is 7.55. The second kappa shape index (κ2) is 12.9. The van der Waals surface area contributed by atoms with Crippen molar-refractivity contribution in [3.63, 3.8) is 0 Å². The van der Waals surface area contributed by atoms with E-state index in [1.54, 1.807) is 6.20 Å². The SMILES string of the molecule is CN=C(NCCCCC(C)C)NCCc1cccnc1.I. The second-order valence-electron chi connectivity index (χ2n) is 5.43. The van der Waals surface area contributed by atoms with Crippen LogP contribution in [0.2, 0.25) is 0 Å². The Hall–Kier alpha value is -0.850. The van der Waals surface area contributed by atoms with Gasteiger partial charge in [-0.25, -0.2) is 0 Å². The topological polar surface area (TPSA) is 49.3 Å². The predicted octanol–water partition coefficient (Wildman–Crippen LogP) is 3.23. The van der Waals surface area contributed by atoms with E-state index < -0.39 is 0 Å². The fourth-order valence-corrected chi connectivity index (χ4v) is 1.98. The van der Waals surface area contributed by atoms with E-state index in [1.165, 1.54) is 24.8 Å². The minimum atomic E-state index is 0. The lowest BCUT2D eigenvalue weighted by Crippen LogP contribution is -2.38. The van der Waals surface area contributed by atoms with Crippen LogP contribution >= 0.6 is 24.0 Å². The molecule has 0 aromatic carbocycles. The average molecular weight is 404 g/mol. The molecule has 1 heterocycles. The molecule has 0 amide bonds. The first kappa shape index (κ1) is 20.1. The Balaban J connectivity index is 0.00000400. The molecule has 0 fully saturated rings. The number of aromatic nitrogens is 1. The van der Waals surface area contributed by atoms with Crippen molar-refractivity contribution in [2.24, 2.45) is 10.9 Å². The van der Waals surface area contributed by atoms with Crippen LogP contribution in [0.3, 0.4) is 0 Å². The highest BCUT2D eigenvalue weighted by Crippen LogP contribution is 2.04. The third-order valence-electron chi connectivity index (χ3n) is 3.15. The number of unbranched alkanes of at least 4 members (excludes halogenated alkanes) is 1. The van der Waals surface area contributed by atoms with E-state index in [4.69, 9.17) is 0 Å². The zero-order valence-corrected chi connectivity index (χ0v) is 15.8. The molecule has 120 valence electrons. The molecule has 5 heteroatoms. The van der Waals surface area contributed by atoms with Gasteiger partial charge in [-0.2, -0.15) is 0 Å². The maximum absolute atomic E-state index is 4.23. The van der Waals surface area contributed by atoms with Crippen LogP contribution in [0, 0.1) is 5.92 Å². The van der Waals surface area contributed by atoms with Gasteiger partial charge in [-0.3, -0.25) is 9.98 Å². The maximum atomic E-state index is 4.23. The third-order valence-corrected chi connectivity index (χ3v) is 3.15. The molecule has 0 aliphatic carbocycles. The van der Waals surface area contributed by atoms with E-state index in [9.17, 15) is 0 Å². The summed E-state index contributed by atoms with van der Waals surface area (Å²) in [5, 5.41) is 6.68. The zero-order chi connectivity index (χ0) is 14.6. The Morgan fingerprint density at radius 2 is 2.00 bits per heavy atom. The minimum Gasteiger partial charge on any atom is -0.356 e. The fourth-order valence-electron chi connectivity index (χ4n) is 1.98. The number of rotatable bonds is 8. The summed E-state index contributed by atoms with van der Waals surface area (Å²) < 4.78 is 0. The van der Waals surface area contributed by atoms with Gasteiger partial charge in [0.1, 0.15) is 0 Å². The van der Waals surface area contributed by atoms with Crippen molar-refractivity contribution < 1.29 is 0 Å². The van der Waals surface area contributed by atoms with Crippen molar-refractivity contribution in [1.82, 2.24) is 15.6 Å². The monoisotopic (exact) mass is 404 g/mol. The van der Waals surface area contributed by atoms with E-state index in [2.05, 4.69) is 40.5 Å². The Labute approximate surface area is 146 Å². The number of pyridine rings is 1. The van der Waals surface area contributed by atoms with Crippen molar-refractivity contribution in [3.05, 3.63) is 30.1 Å². The van der Waals surface area contributed by atoms with Crippen LogP contribution in [-0.2, 0) is 6.42 Å². The van der Waals surface area contributed by atoms with Crippen molar-refractivity contribution in [2.45, 2.75) is 39.5 Å². The van der Waals surface area contributed by atoms with Crippen LogP contribution in [0.5, 0.6) is 0 Å². The number of nitrogens with one attached hydrogen (secondary N) is 2. The number of nitrogens with zero attached hydrogens (tertiary/aromatic N) is 2. The standard InChI is InChI=1S/C16H28N4.HI/c1-14(2)7-4-5-11-19-16(17-3)20-12-9-15-8-6-10-18-13-15;/h6,8,10,13-14H,4-5,7,9,11-12H2,1-3H3,(H2,17,19,20);1H. The Bertz CT molecular complexity index is 379. The molecule has 0 spiro atoms. The first-order chi connectivity index (χ1) is 9.72. The number of halogens is 1. The second-order valence-corrected chi connectivity index (χ2v) is 5.43. The molecule has 1 aromatic heterocycles. The van der Waals surface area contributed by atoms with E-state index >= 15 is 0 Å². The fraction of sp³-hybridized carbons (Fsp3) is 0.625. The molecule has 0 unspecified atom stereocenters. The lowest BCUT2D eigenvalue weighted by molar-refractivity contribution is 0.534. The average Bonchev–Trinajstić information content (AvgIpc) is 2.46. The maximum Gasteiger partial charge on any atom is 0.190 e. The highest BCUT2D eigenvalue weighted by molar-refractivity contribution is 14.0. The van der Waals surface area contributed by atoms with Gasteiger partial charge in [0.15, 0.2) is 5.96 Å². The normalized spacial score (nSPS) is 11.1. The summed E-state index contributed by atoms with van der Waals surface area (Å²) in [6.45, 7) is 6.40. The molecule has 21 heavy (non-hydrogen) atoms. The Kier molecular flexibility index (Phi) is 12.3. The van der Waals surface area contributed by atoms with Gasteiger partial charge in [0, 0.05) is 32.5 Å². The summed E-state index contributed by atoms with van der Waals surface area (Å²) in [6.07, 6.45) is 8.44. The molecular formula is C16H29IN4. The van der Waals surface area contributed by atoms with Gasteiger partial charge in [0.25, 0.3) is 0 Å². The Morgan fingerprint density at radius 1 is 1.24 bits per heavy atom. The molecule has 0 aliphatic rings. The number of aliphatic imine (C=N–C) groups is 1. The number of hydrogen-bond acceptors (Lipinski definition) is 2. The molecule has 1 aromatic rings. The molecule has 2 N–H and O–H groups in total. The quantitative estimate of drug-likeness (QED) is 0.303. The predicted molar refractivity (Wildman–Crippen MR) is 101 cm³/mol. The molecule has 0 bridgehead atoms. The van der Waals surface area contributed by atoms with E-state index in [0.29, 0.717) is 0 Å². The first-order valence-electron chi connectivity index (χ1n) is 7.55. The zero-order valence-electron chi connectivity index (χ0n) is 13.4. The van der Waals surface area contributed by atoms with E-state index in [-0.39, 0.29) is 24.0 Å². The van der Waals surface area contributed by atoms with Crippen molar-refractivity contribution in [2.75, 3.05) is 20.1 Å². The molecule has 0 atom stereocenters. The van der Waals surface area contributed by atoms with Gasteiger partial charge in [-0.05, 0) is 30.4 Å².